The van der Waals surface area contributed by atoms with Crippen molar-refractivity contribution in [2.75, 3.05) is 20.1 Å². The van der Waals surface area contributed by atoms with E-state index in [4.69, 9.17) is 0 Å². The normalized spacial score (nSPS) is 16.6. The van der Waals surface area contributed by atoms with Crippen LogP contribution in [-0.2, 0) is 6.54 Å². The predicted octanol–water partition coefficient (Wildman–Crippen LogP) is 1.56. The summed E-state index contributed by atoms with van der Waals surface area (Å²) in [4.78, 5) is 2.43. The summed E-state index contributed by atoms with van der Waals surface area (Å²) in [5, 5.41) is 0. The first-order valence-electron chi connectivity index (χ1n) is 5.11. The molecule has 14 heavy (non-hydrogen) atoms. The number of hydrogen-bond acceptors (Lipinski definition) is 1. The Bertz CT molecular complexity index is 341. The average Bonchev–Trinajstić information content (AvgIpc) is 2.52. The molecule has 0 amide bonds. The molecule has 0 aliphatic carbocycles. The van der Waals surface area contributed by atoms with Gasteiger partial charge in [-0.3, -0.25) is 9.48 Å². The molecule has 1 aliphatic heterocycles. The third-order valence-corrected chi connectivity index (χ3v) is 2.93. The maximum atomic E-state index is 2.43. The van der Waals surface area contributed by atoms with Crippen molar-refractivity contribution in [3.05, 3.63) is 35.9 Å². The van der Waals surface area contributed by atoms with Crippen LogP contribution in [0.25, 0.3) is 0 Å². The summed E-state index contributed by atoms with van der Waals surface area (Å²) in [5.74, 6) is 1.38. The van der Waals surface area contributed by atoms with E-state index in [-0.39, 0.29) is 0 Å². The van der Waals surface area contributed by atoms with Crippen LogP contribution < -0.4 is 0 Å². The van der Waals surface area contributed by atoms with Gasteiger partial charge in [-0.25, -0.2) is 0 Å². The lowest BCUT2D eigenvalue weighted by Crippen LogP contribution is -2.25. The maximum absolute atomic E-state index is 2.43. The Morgan fingerprint density at radius 1 is 1.29 bits per heavy atom. The number of hydrogen-bond donors (Lipinski definition) is 0. The van der Waals surface area contributed by atoms with E-state index in [9.17, 15) is 0 Å². The van der Waals surface area contributed by atoms with Gasteiger partial charge in [0.25, 0.3) is 0 Å². The van der Waals surface area contributed by atoms with Crippen LogP contribution in [-0.4, -0.2) is 35.4 Å². The number of rotatable bonds is 2. The molecule has 0 fully saturated rings. The van der Waals surface area contributed by atoms with Crippen molar-refractivity contribution in [1.29, 1.82) is 0 Å². The highest BCUT2D eigenvalue weighted by atomic mass is 15.3. The van der Waals surface area contributed by atoms with Gasteiger partial charge in [-0.2, -0.15) is 0 Å². The average molecular weight is 189 g/mol. The van der Waals surface area contributed by atoms with Crippen LogP contribution in [0, 0.1) is 0 Å². The van der Waals surface area contributed by atoms with Gasteiger partial charge in [0, 0.05) is 6.92 Å². The molecule has 1 aromatic rings. The summed E-state index contributed by atoms with van der Waals surface area (Å²) in [5.41, 5.74) is 1.39. The quantitative estimate of drug-likeness (QED) is 0.640. The molecule has 1 aromatic carbocycles. The van der Waals surface area contributed by atoms with Crippen LogP contribution in [0.5, 0.6) is 0 Å². The Hall–Kier alpha value is -1.31. The zero-order valence-corrected chi connectivity index (χ0v) is 8.90. The molecule has 0 spiro atoms. The zero-order valence-electron chi connectivity index (χ0n) is 8.90. The number of nitrogens with zero attached hydrogens (tertiary/aromatic N) is 2. The summed E-state index contributed by atoms with van der Waals surface area (Å²) in [6, 6.07) is 10.6. The Balaban J connectivity index is 2.07. The second-order valence-corrected chi connectivity index (χ2v) is 3.88. The standard InChI is InChI=1S/C12H17N2/c1-11-13(2)8-9-14(11)10-12-6-4-3-5-7-12/h3-7H,8-10H2,1-2H3/q+1. The van der Waals surface area contributed by atoms with Gasteiger partial charge >= 0.3 is 0 Å². The summed E-state index contributed by atoms with van der Waals surface area (Å²) < 4.78 is 2.31. The molecular formula is C12H17N2+. The predicted molar refractivity (Wildman–Crippen MR) is 58.6 cm³/mol. The first-order chi connectivity index (χ1) is 6.77. The van der Waals surface area contributed by atoms with E-state index in [1.165, 1.54) is 11.4 Å². The molecule has 1 heterocycles. The summed E-state index contributed by atoms with van der Waals surface area (Å²) in [7, 11) is 2.15. The molecule has 0 bridgehead atoms. The summed E-state index contributed by atoms with van der Waals surface area (Å²) in [6.07, 6.45) is 0. The van der Waals surface area contributed by atoms with E-state index in [0.29, 0.717) is 0 Å². The second-order valence-electron chi connectivity index (χ2n) is 3.88. The van der Waals surface area contributed by atoms with E-state index in [1.807, 2.05) is 0 Å². The van der Waals surface area contributed by atoms with Crippen molar-refractivity contribution in [3.8, 4) is 0 Å². The molecule has 0 atom stereocenters. The lowest BCUT2D eigenvalue weighted by Gasteiger charge is -2.10. The fourth-order valence-corrected chi connectivity index (χ4v) is 1.83. The highest BCUT2D eigenvalue weighted by Crippen LogP contribution is 2.07. The van der Waals surface area contributed by atoms with E-state index in [0.717, 1.165) is 19.6 Å². The first kappa shape index (κ1) is 9.25. The molecule has 0 saturated carbocycles. The first-order valence-corrected chi connectivity index (χ1v) is 5.11. The molecular weight excluding hydrogens is 172 g/mol. The largest absolute Gasteiger partial charge is 0.265 e. The minimum atomic E-state index is 1.04. The van der Waals surface area contributed by atoms with Crippen molar-refractivity contribution in [2.45, 2.75) is 13.5 Å². The van der Waals surface area contributed by atoms with Crippen molar-refractivity contribution < 1.29 is 4.58 Å². The maximum Gasteiger partial charge on any atom is 0.243 e. The van der Waals surface area contributed by atoms with Gasteiger partial charge in [0.15, 0.2) is 0 Å². The molecule has 0 unspecified atom stereocenters. The molecule has 2 rings (SSSR count). The van der Waals surface area contributed by atoms with Crippen LogP contribution >= 0.6 is 0 Å². The third kappa shape index (κ3) is 1.79. The molecule has 1 aliphatic rings. The molecule has 2 nitrogen and oxygen atoms in total. The monoisotopic (exact) mass is 189 g/mol. The number of benzene rings is 1. The fourth-order valence-electron chi connectivity index (χ4n) is 1.83. The summed E-state index contributed by atoms with van der Waals surface area (Å²) >= 11 is 0. The van der Waals surface area contributed by atoms with Crippen LogP contribution in [0.2, 0.25) is 0 Å². The Morgan fingerprint density at radius 2 is 2.00 bits per heavy atom. The zero-order chi connectivity index (χ0) is 9.97. The third-order valence-electron chi connectivity index (χ3n) is 2.93. The lowest BCUT2D eigenvalue weighted by atomic mass is 10.2. The van der Waals surface area contributed by atoms with Crippen LogP contribution in [0.3, 0.4) is 0 Å². The van der Waals surface area contributed by atoms with Crippen molar-refractivity contribution >= 4 is 5.84 Å². The van der Waals surface area contributed by atoms with Gasteiger partial charge in [-0.1, -0.05) is 30.3 Å². The number of likely N-dealkylation sites (N-methyl/N-ethyl adjacent to an activating group) is 1. The van der Waals surface area contributed by atoms with Gasteiger partial charge in [-0.15, -0.1) is 0 Å². The highest BCUT2D eigenvalue weighted by Gasteiger charge is 2.23. The summed E-state index contributed by atoms with van der Waals surface area (Å²) in [6.45, 7) is 5.53. The van der Waals surface area contributed by atoms with Gasteiger partial charge in [0.05, 0.1) is 7.05 Å². The van der Waals surface area contributed by atoms with E-state index < -0.39 is 0 Å². The van der Waals surface area contributed by atoms with Crippen molar-refractivity contribution in [2.24, 2.45) is 0 Å². The minimum Gasteiger partial charge on any atom is -0.265 e. The van der Waals surface area contributed by atoms with Crippen molar-refractivity contribution in [3.63, 3.8) is 0 Å². The fraction of sp³-hybridized carbons (Fsp3) is 0.417. The molecule has 0 aromatic heterocycles. The molecule has 0 saturated heterocycles. The van der Waals surface area contributed by atoms with Crippen LogP contribution in [0.4, 0.5) is 0 Å². The second kappa shape index (κ2) is 3.82. The van der Waals surface area contributed by atoms with E-state index >= 15 is 0 Å². The molecule has 2 heteroatoms. The van der Waals surface area contributed by atoms with Crippen LogP contribution in [0.1, 0.15) is 12.5 Å². The van der Waals surface area contributed by atoms with Crippen LogP contribution in [0.15, 0.2) is 30.3 Å². The molecule has 0 N–H and O–H groups in total. The smallest absolute Gasteiger partial charge is 0.243 e. The lowest BCUT2D eigenvalue weighted by molar-refractivity contribution is -0.487. The van der Waals surface area contributed by atoms with Crippen molar-refractivity contribution in [1.82, 2.24) is 4.90 Å². The van der Waals surface area contributed by atoms with E-state index in [2.05, 4.69) is 53.8 Å². The topological polar surface area (TPSA) is 6.25 Å². The van der Waals surface area contributed by atoms with Gasteiger partial charge in [0.1, 0.15) is 19.6 Å². The van der Waals surface area contributed by atoms with Gasteiger partial charge in [0.2, 0.25) is 5.84 Å². The van der Waals surface area contributed by atoms with E-state index in [1.54, 1.807) is 0 Å². The minimum absolute atomic E-state index is 1.04. The van der Waals surface area contributed by atoms with Gasteiger partial charge in [-0.05, 0) is 5.56 Å². The van der Waals surface area contributed by atoms with Gasteiger partial charge < -0.3 is 0 Å². The molecule has 74 valence electrons. The molecule has 0 radical (unpaired) electrons. The Labute approximate surface area is 85.5 Å². The Kier molecular flexibility index (Phi) is 2.53. The SMILES string of the molecule is CC1=[N+](C)CCN1Cc1ccccc1. The number of amidine groups is 1. The Morgan fingerprint density at radius 3 is 2.57 bits per heavy atom. The highest BCUT2D eigenvalue weighted by molar-refractivity contribution is 5.75.